The van der Waals surface area contributed by atoms with Gasteiger partial charge in [-0.25, -0.2) is 9.97 Å². The van der Waals surface area contributed by atoms with Gasteiger partial charge in [0.2, 0.25) is 0 Å². The molecular formula is C32H50N2O2. The van der Waals surface area contributed by atoms with E-state index in [0.29, 0.717) is 12.6 Å². The van der Waals surface area contributed by atoms with E-state index in [2.05, 4.69) is 29.0 Å². The first-order valence-electron chi connectivity index (χ1n) is 15.0. The van der Waals surface area contributed by atoms with E-state index in [4.69, 9.17) is 9.47 Å². The lowest BCUT2D eigenvalue weighted by Gasteiger charge is -2.08. The minimum absolute atomic E-state index is 0.476. The summed E-state index contributed by atoms with van der Waals surface area (Å²) in [6.07, 6.45) is 27.9. The third kappa shape index (κ3) is 12.7. The summed E-state index contributed by atoms with van der Waals surface area (Å²) in [5.74, 6) is 2.02. The van der Waals surface area contributed by atoms with E-state index in [1.807, 2.05) is 24.5 Å². The van der Waals surface area contributed by atoms with Crippen LogP contribution < -0.4 is 9.47 Å². The van der Waals surface area contributed by atoms with E-state index < -0.39 is 0 Å². The van der Waals surface area contributed by atoms with E-state index in [0.717, 1.165) is 42.2 Å². The van der Waals surface area contributed by atoms with Crippen LogP contribution in [0.5, 0.6) is 11.8 Å². The highest BCUT2D eigenvalue weighted by molar-refractivity contribution is 5.62. The molecule has 0 aliphatic heterocycles. The van der Waals surface area contributed by atoms with Gasteiger partial charge in [0.1, 0.15) is 5.75 Å². The van der Waals surface area contributed by atoms with Crippen molar-refractivity contribution in [3.05, 3.63) is 36.7 Å². The first-order valence-corrected chi connectivity index (χ1v) is 15.0. The molecule has 1 aliphatic rings. The molecule has 0 radical (unpaired) electrons. The van der Waals surface area contributed by atoms with Crippen molar-refractivity contribution in [2.75, 3.05) is 13.2 Å². The summed E-state index contributed by atoms with van der Waals surface area (Å²) in [7, 11) is 0. The van der Waals surface area contributed by atoms with Crippen LogP contribution in [0.3, 0.4) is 0 Å². The molecule has 1 fully saturated rings. The van der Waals surface area contributed by atoms with Crippen molar-refractivity contribution in [2.24, 2.45) is 5.92 Å². The van der Waals surface area contributed by atoms with Gasteiger partial charge in [0.25, 0.3) is 0 Å². The Morgan fingerprint density at radius 1 is 0.611 bits per heavy atom. The minimum atomic E-state index is 0.476. The number of nitrogens with zero attached hydrogens (tertiary/aromatic N) is 2. The predicted molar refractivity (Wildman–Crippen MR) is 151 cm³/mol. The monoisotopic (exact) mass is 494 g/mol. The molecule has 1 heterocycles. The molecule has 0 unspecified atom stereocenters. The van der Waals surface area contributed by atoms with Crippen LogP contribution in [-0.4, -0.2) is 23.2 Å². The Morgan fingerprint density at radius 3 is 1.72 bits per heavy atom. The van der Waals surface area contributed by atoms with Crippen LogP contribution in [0.4, 0.5) is 0 Å². The van der Waals surface area contributed by atoms with Gasteiger partial charge in [-0.1, -0.05) is 122 Å². The fourth-order valence-corrected chi connectivity index (χ4v) is 4.70. The van der Waals surface area contributed by atoms with Crippen molar-refractivity contribution in [3.63, 3.8) is 0 Å². The minimum Gasteiger partial charge on any atom is -0.494 e. The second-order valence-electron chi connectivity index (χ2n) is 10.7. The zero-order valence-corrected chi connectivity index (χ0v) is 22.9. The predicted octanol–water partition coefficient (Wildman–Crippen LogP) is 9.57. The van der Waals surface area contributed by atoms with Crippen LogP contribution in [-0.2, 0) is 0 Å². The fourth-order valence-electron chi connectivity index (χ4n) is 4.70. The maximum Gasteiger partial charge on any atom is 0.316 e. The van der Waals surface area contributed by atoms with Gasteiger partial charge in [-0.2, -0.15) is 0 Å². The summed E-state index contributed by atoms with van der Waals surface area (Å²) >= 11 is 0. The Balaban J connectivity index is 1.20. The Kier molecular flexibility index (Phi) is 14.4. The normalized spacial score (nSPS) is 13.1. The van der Waals surface area contributed by atoms with E-state index >= 15 is 0 Å². The average molecular weight is 495 g/mol. The number of hydrogen-bond acceptors (Lipinski definition) is 4. The van der Waals surface area contributed by atoms with E-state index in [1.165, 1.54) is 103 Å². The SMILES string of the molecule is CCCCCCCCCCOc1ccc(-c2cnc(OCCCCCCCCCC3CC3)nc2)cc1. The lowest BCUT2D eigenvalue weighted by atomic mass is 10.1. The fraction of sp³-hybridized carbons (Fsp3) is 0.688. The molecule has 0 spiro atoms. The summed E-state index contributed by atoms with van der Waals surface area (Å²) < 4.78 is 11.7. The van der Waals surface area contributed by atoms with Crippen molar-refractivity contribution in [1.82, 2.24) is 9.97 Å². The maximum absolute atomic E-state index is 5.92. The van der Waals surface area contributed by atoms with Gasteiger partial charge in [-0.15, -0.1) is 0 Å². The van der Waals surface area contributed by atoms with Crippen molar-refractivity contribution < 1.29 is 9.47 Å². The lowest BCUT2D eigenvalue weighted by Crippen LogP contribution is -2.01. The Hall–Kier alpha value is -2.10. The summed E-state index contributed by atoms with van der Waals surface area (Å²) in [6.45, 7) is 3.76. The van der Waals surface area contributed by atoms with Gasteiger partial charge in [-0.05, 0) is 36.5 Å². The molecule has 1 saturated carbocycles. The molecule has 4 nitrogen and oxygen atoms in total. The largest absolute Gasteiger partial charge is 0.494 e. The number of benzene rings is 1. The molecule has 2 aromatic rings. The summed E-state index contributed by atoms with van der Waals surface area (Å²) in [4.78, 5) is 8.80. The van der Waals surface area contributed by atoms with Crippen LogP contribution in [0.1, 0.15) is 122 Å². The van der Waals surface area contributed by atoms with Gasteiger partial charge in [0.05, 0.1) is 13.2 Å². The molecule has 1 aromatic heterocycles. The molecule has 0 amide bonds. The van der Waals surface area contributed by atoms with Crippen molar-refractivity contribution in [3.8, 4) is 22.9 Å². The van der Waals surface area contributed by atoms with Crippen molar-refractivity contribution >= 4 is 0 Å². The van der Waals surface area contributed by atoms with Crippen LogP contribution in [0.25, 0.3) is 11.1 Å². The van der Waals surface area contributed by atoms with Crippen molar-refractivity contribution in [1.29, 1.82) is 0 Å². The van der Waals surface area contributed by atoms with E-state index in [1.54, 1.807) is 0 Å². The molecule has 0 saturated heterocycles. The summed E-state index contributed by atoms with van der Waals surface area (Å²) in [6, 6.07) is 8.71. The number of unbranched alkanes of at least 4 members (excludes halogenated alkanes) is 13. The van der Waals surface area contributed by atoms with E-state index in [9.17, 15) is 0 Å². The van der Waals surface area contributed by atoms with E-state index in [-0.39, 0.29) is 0 Å². The number of ether oxygens (including phenoxy) is 2. The topological polar surface area (TPSA) is 44.2 Å². The molecule has 0 N–H and O–H groups in total. The Morgan fingerprint density at radius 2 is 1.14 bits per heavy atom. The zero-order valence-electron chi connectivity index (χ0n) is 22.9. The first-order chi connectivity index (χ1) is 17.8. The maximum atomic E-state index is 5.92. The number of aromatic nitrogens is 2. The molecule has 3 rings (SSSR count). The average Bonchev–Trinajstić information content (AvgIpc) is 3.74. The number of hydrogen-bond donors (Lipinski definition) is 0. The van der Waals surface area contributed by atoms with Crippen LogP contribution >= 0.6 is 0 Å². The molecular weight excluding hydrogens is 444 g/mol. The highest BCUT2D eigenvalue weighted by atomic mass is 16.5. The third-order valence-corrected chi connectivity index (χ3v) is 7.27. The van der Waals surface area contributed by atoms with Gasteiger partial charge in [0.15, 0.2) is 0 Å². The van der Waals surface area contributed by atoms with Gasteiger partial charge < -0.3 is 9.47 Å². The molecule has 0 bridgehead atoms. The molecule has 200 valence electrons. The molecule has 1 aromatic carbocycles. The molecule has 36 heavy (non-hydrogen) atoms. The molecule has 1 aliphatic carbocycles. The second kappa shape index (κ2) is 18.2. The zero-order chi connectivity index (χ0) is 25.1. The molecule has 0 atom stereocenters. The van der Waals surface area contributed by atoms with Crippen LogP contribution in [0.15, 0.2) is 36.7 Å². The molecule has 4 heteroatoms. The first kappa shape index (κ1) is 28.5. The van der Waals surface area contributed by atoms with Gasteiger partial charge in [-0.3, -0.25) is 0 Å². The quantitative estimate of drug-likeness (QED) is 0.153. The van der Waals surface area contributed by atoms with Gasteiger partial charge in [0, 0.05) is 18.0 Å². The second-order valence-corrected chi connectivity index (χ2v) is 10.7. The Bertz CT molecular complexity index is 787. The smallest absolute Gasteiger partial charge is 0.316 e. The van der Waals surface area contributed by atoms with Crippen molar-refractivity contribution in [2.45, 2.75) is 122 Å². The standard InChI is InChI=1S/C32H50N2O2/c1-2-3-4-5-6-9-12-15-24-35-31-22-20-29(21-23-31)30-26-33-32(34-27-30)36-25-16-13-10-7-8-11-14-17-28-18-19-28/h20-23,26-28H,2-19,24-25H2,1H3. The summed E-state index contributed by atoms with van der Waals surface area (Å²) in [5.41, 5.74) is 2.09. The van der Waals surface area contributed by atoms with Crippen LogP contribution in [0.2, 0.25) is 0 Å². The lowest BCUT2D eigenvalue weighted by molar-refractivity contribution is 0.281. The Labute approximate surface area is 220 Å². The van der Waals surface area contributed by atoms with Gasteiger partial charge >= 0.3 is 6.01 Å². The highest BCUT2D eigenvalue weighted by Gasteiger charge is 2.19. The number of rotatable bonds is 22. The van der Waals surface area contributed by atoms with Crippen LogP contribution in [0, 0.1) is 5.92 Å². The summed E-state index contributed by atoms with van der Waals surface area (Å²) in [5, 5.41) is 0. The highest BCUT2D eigenvalue weighted by Crippen LogP contribution is 2.34. The third-order valence-electron chi connectivity index (χ3n) is 7.27.